The Kier molecular flexibility index (Phi) is 3.74. The van der Waals surface area contributed by atoms with Gasteiger partial charge in [0.15, 0.2) is 0 Å². The molecule has 0 spiro atoms. The molecule has 0 aromatic heterocycles. The van der Waals surface area contributed by atoms with E-state index in [2.05, 4.69) is 5.10 Å². The molecule has 0 amide bonds. The largest absolute Gasteiger partial charge is 0.247 e. The lowest BCUT2D eigenvalue weighted by molar-refractivity contribution is 0.374. The van der Waals surface area contributed by atoms with E-state index in [0.717, 1.165) is 22.4 Å². The van der Waals surface area contributed by atoms with Crippen LogP contribution in [0.3, 0.4) is 0 Å². The molecular formula is C17H18N2O2S. The van der Waals surface area contributed by atoms with Gasteiger partial charge in [-0.05, 0) is 18.1 Å². The number of aryl methyl sites for hydroxylation is 1. The summed E-state index contributed by atoms with van der Waals surface area (Å²) in [5.41, 5.74) is 3.85. The third-order valence-electron chi connectivity index (χ3n) is 3.75. The lowest BCUT2D eigenvalue weighted by Crippen LogP contribution is -2.25. The van der Waals surface area contributed by atoms with E-state index in [-0.39, 0.29) is 6.04 Å². The van der Waals surface area contributed by atoms with E-state index < -0.39 is 10.0 Å². The van der Waals surface area contributed by atoms with Crippen LogP contribution in [0, 0.1) is 6.92 Å². The van der Waals surface area contributed by atoms with Crippen molar-refractivity contribution in [3.05, 3.63) is 71.3 Å². The first-order chi connectivity index (χ1) is 10.4. The van der Waals surface area contributed by atoms with Gasteiger partial charge in [-0.1, -0.05) is 60.2 Å². The summed E-state index contributed by atoms with van der Waals surface area (Å²) in [4.78, 5) is 0. The van der Waals surface area contributed by atoms with Crippen LogP contribution in [0.1, 0.15) is 29.2 Å². The van der Waals surface area contributed by atoms with Gasteiger partial charge in [0.2, 0.25) is 10.0 Å². The summed E-state index contributed by atoms with van der Waals surface area (Å²) in [6.07, 6.45) is 1.79. The molecule has 22 heavy (non-hydrogen) atoms. The van der Waals surface area contributed by atoms with E-state index in [0.29, 0.717) is 6.42 Å². The molecule has 0 saturated carbocycles. The van der Waals surface area contributed by atoms with Crippen molar-refractivity contribution in [3.8, 4) is 0 Å². The molecule has 0 bridgehead atoms. The predicted octanol–water partition coefficient (Wildman–Crippen LogP) is 3.11. The Bertz CT molecular complexity index is 814. The maximum Gasteiger partial charge on any atom is 0.247 e. The Morgan fingerprint density at radius 3 is 2.45 bits per heavy atom. The Morgan fingerprint density at radius 2 is 1.82 bits per heavy atom. The molecule has 1 aliphatic rings. The van der Waals surface area contributed by atoms with Crippen molar-refractivity contribution in [1.29, 1.82) is 0 Å². The smallest absolute Gasteiger partial charge is 0.205 e. The molecule has 0 saturated heterocycles. The number of nitrogens with zero attached hydrogens (tertiary/aromatic N) is 2. The summed E-state index contributed by atoms with van der Waals surface area (Å²) < 4.78 is 25.4. The average Bonchev–Trinajstić information content (AvgIpc) is 2.93. The summed E-state index contributed by atoms with van der Waals surface area (Å²) >= 11 is 0. The SMILES string of the molecule is Cc1cccc(C2CC(c3ccccc3)=NN2S(C)(=O)=O)c1. The first-order valence-electron chi connectivity index (χ1n) is 7.14. The van der Waals surface area contributed by atoms with Gasteiger partial charge < -0.3 is 0 Å². The second-order valence-corrected chi connectivity index (χ2v) is 7.42. The van der Waals surface area contributed by atoms with Crippen molar-refractivity contribution in [3.63, 3.8) is 0 Å². The Balaban J connectivity index is 2.02. The summed E-state index contributed by atoms with van der Waals surface area (Å²) in [5.74, 6) is 0. The van der Waals surface area contributed by atoms with Crippen molar-refractivity contribution in [2.24, 2.45) is 5.10 Å². The minimum absolute atomic E-state index is 0.273. The fourth-order valence-electron chi connectivity index (χ4n) is 2.72. The molecule has 0 fully saturated rings. The van der Waals surface area contributed by atoms with E-state index in [1.807, 2.05) is 61.5 Å². The molecule has 114 valence electrons. The van der Waals surface area contributed by atoms with Gasteiger partial charge in [0.05, 0.1) is 18.0 Å². The van der Waals surface area contributed by atoms with Gasteiger partial charge in [-0.25, -0.2) is 8.42 Å². The molecule has 0 N–H and O–H groups in total. The molecule has 2 aromatic rings. The van der Waals surface area contributed by atoms with Crippen LogP contribution in [0.4, 0.5) is 0 Å². The number of rotatable bonds is 3. The molecule has 0 aliphatic carbocycles. The Morgan fingerprint density at radius 1 is 1.09 bits per heavy atom. The first kappa shape index (κ1) is 14.8. The van der Waals surface area contributed by atoms with Gasteiger partial charge in [0, 0.05) is 6.42 Å². The van der Waals surface area contributed by atoms with Crippen molar-refractivity contribution in [2.75, 3.05) is 6.26 Å². The maximum atomic E-state index is 12.1. The second-order valence-electron chi connectivity index (χ2n) is 5.58. The van der Waals surface area contributed by atoms with Crippen molar-refractivity contribution < 1.29 is 8.42 Å². The molecule has 1 unspecified atom stereocenters. The van der Waals surface area contributed by atoms with Crippen LogP contribution in [0.2, 0.25) is 0 Å². The highest BCUT2D eigenvalue weighted by atomic mass is 32.2. The molecule has 0 radical (unpaired) electrons. The zero-order chi connectivity index (χ0) is 15.7. The maximum absolute atomic E-state index is 12.1. The Labute approximate surface area is 131 Å². The summed E-state index contributed by atoms with van der Waals surface area (Å²) in [6, 6.07) is 17.4. The zero-order valence-electron chi connectivity index (χ0n) is 12.6. The van der Waals surface area contributed by atoms with Crippen molar-refractivity contribution in [1.82, 2.24) is 4.41 Å². The van der Waals surface area contributed by atoms with E-state index in [1.54, 1.807) is 0 Å². The monoisotopic (exact) mass is 314 g/mol. The van der Waals surface area contributed by atoms with Gasteiger partial charge >= 0.3 is 0 Å². The number of hydrogen-bond acceptors (Lipinski definition) is 3. The molecule has 3 rings (SSSR count). The quantitative estimate of drug-likeness (QED) is 0.874. The second kappa shape index (κ2) is 5.57. The molecule has 5 heteroatoms. The number of hydrazone groups is 1. The molecule has 2 aromatic carbocycles. The minimum Gasteiger partial charge on any atom is -0.205 e. The standard InChI is InChI=1S/C17H18N2O2S/c1-13-7-6-10-15(11-13)17-12-16(14-8-4-3-5-9-14)18-19(17)22(2,20)21/h3-11,17H,12H2,1-2H3. The van der Waals surface area contributed by atoms with Gasteiger partial charge in [0.25, 0.3) is 0 Å². The van der Waals surface area contributed by atoms with Gasteiger partial charge in [0.1, 0.15) is 0 Å². The topological polar surface area (TPSA) is 49.7 Å². The zero-order valence-corrected chi connectivity index (χ0v) is 13.4. The molecule has 1 aliphatic heterocycles. The highest BCUT2D eigenvalue weighted by Crippen LogP contribution is 2.34. The molecule has 1 heterocycles. The van der Waals surface area contributed by atoms with Crippen LogP contribution in [0.15, 0.2) is 59.7 Å². The van der Waals surface area contributed by atoms with E-state index >= 15 is 0 Å². The minimum atomic E-state index is -3.41. The third-order valence-corrected chi connectivity index (χ3v) is 4.76. The fraction of sp³-hybridized carbons (Fsp3) is 0.235. The normalized spacial score (nSPS) is 18.4. The van der Waals surface area contributed by atoms with Gasteiger partial charge in [-0.2, -0.15) is 9.52 Å². The number of sulfonamides is 1. The highest BCUT2D eigenvalue weighted by molar-refractivity contribution is 7.88. The van der Waals surface area contributed by atoms with E-state index in [9.17, 15) is 8.42 Å². The van der Waals surface area contributed by atoms with Crippen LogP contribution in [0.25, 0.3) is 0 Å². The highest BCUT2D eigenvalue weighted by Gasteiger charge is 2.34. The van der Waals surface area contributed by atoms with E-state index in [1.165, 1.54) is 10.7 Å². The van der Waals surface area contributed by atoms with Crippen LogP contribution in [-0.4, -0.2) is 24.8 Å². The van der Waals surface area contributed by atoms with Crippen LogP contribution in [-0.2, 0) is 10.0 Å². The first-order valence-corrected chi connectivity index (χ1v) is 8.99. The predicted molar refractivity (Wildman–Crippen MR) is 88.2 cm³/mol. The summed E-state index contributed by atoms with van der Waals surface area (Å²) in [6.45, 7) is 2.00. The third kappa shape index (κ3) is 2.90. The van der Waals surface area contributed by atoms with Crippen LogP contribution in [0.5, 0.6) is 0 Å². The van der Waals surface area contributed by atoms with Gasteiger partial charge in [-0.3, -0.25) is 0 Å². The lowest BCUT2D eigenvalue weighted by atomic mass is 9.98. The number of benzene rings is 2. The molecule has 4 nitrogen and oxygen atoms in total. The summed E-state index contributed by atoms with van der Waals surface area (Å²) in [5, 5.41) is 4.38. The van der Waals surface area contributed by atoms with Crippen molar-refractivity contribution >= 4 is 15.7 Å². The average molecular weight is 314 g/mol. The fourth-order valence-corrected chi connectivity index (χ4v) is 3.63. The van der Waals surface area contributed by atoms with Crippen LogP contribution >= 0.6 is 0 Å². The molecular weight excluding hydrogens is 296 g/mol. The molecule has 1 atom stereocenters. The Hall–Kier alpha value is -2.14. The summed E-state index contributed by atoms with van der Waals surface area (Å²) in [7, 11) is -3.41. The van der Waals surface area contributed by atoms with E-state index in [4.69, 9.17) is 0 Å². The number of hydrogen-bond donors (Lipinski definition) is 0. The van der Waals surface area contributed by atoms with Gasteiger partial charge in [-0.15, -0.1) is 0 Å². The van der Waals surface area contributed by atoms with Crippen LogP contribution < -0.4 is 0 Å². The van der Waals surface area contributed by atoms with Crippen molar-refractivity contribution in [2.45, 2.75) is 19.4 Å². The lowest BCUT2D eigenvalue weighted by Gasteiger charge is -2.21.